The molecule has 0 amide bonds. The molecule has 0 saturated heterocycles. The number of allylic oxidation sites excluding steroid dienone is 1. The average Bonchev–Trinajstić information content (AvgIpc) is 3.50. The van der Waals surface area contributed by atoms with Crippen LogP contribution >= 0.6 is 0 Å². The number of hydrogen-bond acceptors (Lipinski definition) is 6. The van der Waals surface area contributed by atoms with Gasteiger partial charge in [0.1, 0.15) is 0 Å². The first-order valence-electron chi connectivity index (χ1n) is 13.5. The normalized spacial score (nSPS) is 23.8. The van der Waals surface area contributed by atoms with Crippen molar-refractivity contribution in [3.63, 3.8) is 0 Å². The average molecular weight is 504 g/mol. The molecule has 37 heavy (non-hydrogen) atoms. The molecule has 196 valence electrons. The van der Waals surface area contributed by atoms with Crippen molar-refractivity contribution < 1.29 is 4.74 Å². The molecule has 9 nitrogen and oxygen atoms in total. The van der Waals surface area contributed by atoms with Crippen LogP contribution in [0, 0.1) is 0 Å². The Morgan fingerprint density at radius 2 is 2.11 bits per heavy atom. The Morgan fingerprint density at radius 1 is 1.22 bits per heavy atom. The number of aromatic amines is 1. The van der Waals surface area contributed by atoms with Gasteiger partial charge < -0.3 is 4.74 Å². The molecule has 1 fully saturated rings. The van der Waals surface area contributed by atoms with E-state index >= 15 is 0 Å². The highest BCUT2D eigenvalue weighted by Gasteiger charge is 2.34. The molecule has 1 saturated carbocycles. The zero-order valence-corrected chi connectivity index (χ0v) is 21.8. The SMILES string of the molecule is CCCCc1cn(C2CCCCCC2OC)c(=O)n1CC1(c2cccc(-c3nn[nH]n3)c2)C=CN=CC1. The molecule has 1 N–H and O–H groups in total. The molecule has 3 unspecified atom stereocenters. The second kappa shape index (κ2) is 11.4. The summed E-state index contributed by atoms with van der Waals surface area (Å²) in [7, 11) is 1.78. The first-order chi connectivity index (χ1) is 18.1. The van der Waals surface area contributed by atoms with E-state index in [2.05, 4.69) is 56.9 Å². The van der Waals surface area contributed by atoms with Gasteiger partial charge >= 0.3 is 5.69 Å². The van der Waals surface area contributed by atoms with Crippen LogP contribution in [0.2, 0.25) is 0 Å². The van der Waals surface area contributed by atoms with Gasteiger partial charge in [-0.15, -0.1) is 10.2 Å². The van der Waals surface area contributed by atoms with E-state index in [1.807, 2.05) is 33.7 Å². The first kappa shape index (κ1) is 25.3. The number of aryl methyl sites for hydroxylation is 1. The highest BCUT2D eigenvalue weighted by atomic mass is 16.5. The summed E-state index contributed by atoms with van der Waals surface area (Å²) in [6.45, 7) is 2.73. The van der Waals surface area contributed by atoms with Crippen LogP contribution in [0.4, 0.5) is 0 Å². The number of tetrazole rings is 1. The molecule has 1 aromatic carbocycles. The second-order valence-electron chi connectivity index (χ2n) is 10.3. The maximum atomic E-state index is 14.1. The van der Waals surface area contributed by atoms with Crippen LogP contribution in [0.15, 0.2) is 52.5 Å². The van der Waals surface area contributed by atoms with Crippen molar-refractivity contribution in [2.45, 2.75) is 88.8 Å². The van der Waals surface area contributed by atoms with Crippen LogP contribution in [-0.2, 0) is 23.1 Å². The molecule has 1 aliphatic heterocycles. The van der Waals surface area contributed by atoms with Gasteiger partial charge in [0, 0.05) is 48.9 Å². The van der Waals surface area contributed by atoms with Gasteiger partial charge in [-0.05, 0) is 48.9 Å². The van der Waals surface area contributed by atoms with Gasteiger partial charge in [0.25, 0.3) is 0 Å². The topological polar surface area (TPSA) is 103 Å². The Bertz CT molecular complexity index is 1290. The van der Waals surface area contributed by atoms with E-state index in [4.69, 9.17) is 4.74 Å². The van der Waals surface area contributed by atoms with Crippen LogP contribution < -0.4 is 5.69 Å². The van der Waals surface area contributed by atoms with Gasteiger partial charge in [0.15, 0.2) is 0 Å². The third-order valence-electron chi connectivity index (χ3n) is 7.97. The van der Waals surface area contributed by atoms with Gasteiger partial charge in [-0.3, -0.25) is 14.1 Å². The van der Waals surface area contributed by atoms with E-state index in [0.717, 1.165) is 61.8 Å². The molecular weight excluding hydrogens is 466 g/mol. The molecule has 0 spiro atoms. The van der Waals surface area contributed by atoms with Crippen molar-refractivity contribution in [1.82, 2.24) is 29.8 Å². The predicted octanol–water partition coefficient (Wildman–Crippen LogP) is 4.62. The number of nitrogens with one attached hydrogen (secondary N) is 1. The number of ether oxygens (including phenoxy) is 1. The zero-order chi connectivity index (χ0) is 25.7. The molecule has 2 aromatic heterocycles. The minimum absolute atomic E-state index is 0.0599. The van der Waals surface area contributed by atoms with E-state index in [9.17, 15) is 4.79 Å². The fraction of sp³-hybridized carbons (Fsp3) is 0.536. The van der Waals surface area contributed by atoms with E-state index in [-0.39, 0.29) is 17.8 Å². The number of benzene rings is 1. The lowest BCUT2D eigenvalue weighted by Crippen LogP contribution is -2.39. The van der Waals surface area contributed by atoms with Crippen LogP contribution in [0.5, 0.6) is 0 Å². The summed E-state index contributed by atoms with van der Waals surface area (Å²) in [4.78, 5) is 18.5. The number of nitrogens with zero attached hydrogens (tertiary/aromatic N) is 6. The first-order valence-corrected chi connectivity index (χ1v) is 13.5. The van der Waals surface area contributed by atoms with E-state index in [1.165, 1.54) is 6.42 Å². The lowest BCUT2D eigenvalue weighted by molar-refractivity contribution is 0.0499. The molecule has 2 aliphatic rings. The van der Waals surface area contributed by atoms with E-state index < -0.39 is 5.41 Å². The Labute approximate surface area is 217 Å². The molecule has 1 aliphatic carbocycles. The van der Waals surface area contributed by atoms with Gasteiger partial charge in [0.05, 0.1) is 12.1 Å². The minimum Gasteiger partial charge on any atom is -0.379 e. The molecule has 9 heteroatoms. The standard InChI is InChI=1S/C28H37N7O2/c1-3-4-11-23-19-34(24-12-6-5-7-13-25(24)37-2)27(36)35(23)20-28(14-16-29-17-15-28)22-10-8-9-21(18-22)26-30-32-33-31-26/h8-10,14,16-19,24-25H,3-7,11-13,15,20H2,1-2H3,(H,30,31,32,33). The fourth-order valence-electron chi connectivity index (χ4n) is 5.85. The number of aliphatic imine (C=N–C) groups is 1. The highest BCUT2D eigenvalue weighted by molar-refractivity contribution is 5.65. The van der Waals surface area contributed by atoms with Crippen molar-refractivity contribution in [3.8, 4) is 11.4 Å². The lowest BCUT2D eigenvalue weighted by atomic mass is 9.76. The number of unbranched alkanes of at least 4 members (excludes halogenated alkanes) is 1. The number of H-pyrrole nitrogens is 1. The molecule has 0 bridgehead atoms. The molecule has 0 radical (unpaired) electrons. The molecule has 3 aromatic rings. The Morgan fingerprint density at radius 3 is 2.86 bits per heavy atom. The summed E-state index contributed by atoms with van der Waals surface area (Å²) < 4.78 is 9.89. The summed E-state index contributed by atoms with van der Waals surface area (Å²) in [5, 5.41) is 14.6. The summed E-state index contributed by atoms with van der Waals surface area (Å²) in [6.07, 6.45) is 17.2. The summed E-state index contributed by atoms with van der Waals surface area (Å²) in [6, 6.07) is 8.29. The van der Waals surface area contributed by atoms with Crippen molar-refractivity contribution in [2.24, 2.45) is 4.99 Å². The molecule has 3 atom stereocenters. The van der Waals surface area contributed by atoms with Gasteiger partial charge in [0.2, 0.25) is 5.82 Å². The largest absolute Gasteiger partial charge is 0.379 e. The van der Waals surface area contributed by atoms with Gasteiger partial charge in [-0.1, -0.05) is 56.9 Å². The second-order valence-corrected chi connectivity index (χ2v) is 10.3. The van der Waals surface area contributed by atoms with Crippen molar-refractivity contribution >= 4 is 6.21 Å². The highest BCUT2D eigenvalue weighted by Crippen LogP contribution is 2.36. The summed E-state index contributed by atoms with van der Waals surface area (Å²) in [5.41, 5.74) is 2.73. The van der Waals surface area contributed by atoms with Crippen LogP contribution in [0.25, 0.3) is 11.4 Å². The quantitative estimate of drug-likeness (QED) is 0.429. The Balaban J connectivity index is 1.57. The number of imidazole rings is 1. The van der Waals surface area contributed by atoms with Gasteiger partial charge in [-0.2, -0.15) is 5.21 Å². The summed E-state index contributed by atoms with van der Waals surface area (Å²) in [5.74, 6) is 0.552. The number of hydrogen-bond donors (Lipinski definition) is 1. The monoisotopic (exact) mass is 503 g/mol. The van der Waals surface area contributed by atoms with Gasteiger partial charge in [-0.25, -0.2) is 4.79 Å². The van der Waals surface area contributed by atoms with Crippen molar-refractivity contribution in [3.05, 3.63) is 64.5 Å². The molecular formula is C28H37N7O2. The molecule has 5 rings (SSSR count). The zero-order valence-electron chi connectivity index (χ0n) is 21.8. The lowest BCUT2D eigenvalue weighted by Gasteiger charge is -2.32. The van der Waals surface area contributed by atoms with Crippen LogP contribution in [-0.4, -0.2) is 49.2 Å². The van der Waals surface area contributed by atoms with E-state index in [0.29, 0.717) is 18.8 Å². The minimum atomic E-state index is -0.414. The third-order valence-corrected chi connectivity index (χ3v) is 7.97. The van der Waals surface area contributed by atoms with Crippen LogP contribution in [0.3, 0.4) is 0 Å². The Kier molecular flexibility index (Phi) is 7.79. The summed E-state index contributed by atoms with van der Waals surface area (Å²) >= 11 is 0. The number of rotatable bonds is 9. The fourth-order valence-corrected chi connectivity index (χ4v) is 5.85. The molecule has 3 heterocycles. The third kappa shape index (κ3) is 5.23. The predicted molar refractivity (Wildman–Crippen MR) is 144 cm³/mol. The smallest absolute Gasteiger partial charge is 0.328 e. The number of methoxy groups -OCH3 is 1. The van der Waals surface area contributed by atoms with Crippen molar-refractivity contribution in [1.29, 1.82) is 0 Å². The maximum absolute atomic E-state index is 14.1. The van der Waals surface area contributed by atoms with Crippen LogP contribution in [0.1, 0.15) is 75.6 Å². The van der Waals surface area contributed by atoms with Crippen molar-refractivity contribution in [2.75, 3.05) is 7.11 Å². The number of aromatic nitrogens is 6. The maximum Gasteiger partial charge on any atom is 0.328 e. The Hall–Kier alpha value is -3.33. The van der Waals surface area contributed by atoms with E-state index in [1.54, 1.807) is 7.11 Å².